The lowest BCUT2D eigenvalue weighted by Crippen LogP contribution is -2.43. The number of rotatable bonds is 7. The summed E-state index contributed by atoms with van der Waals surface area (Å²) in [4.78, 5) is 42.4. The zero-order valence-corrected chi connectivity index (χ0v) is 9.45. The van der Waals surface area contributed by atoms with Gasteiger partial charge in [0.1, 0.15) is 6.04 Å². The summed E-state index contributed by atoms with van der Waals surface area (Å²) >= 11 is 0. The molecule has 0 rings (SSSR count). The molecule has 0 spiro atoms. The molecule has 9 nitrogen and oxygen atoms in total. The highest BCUT2D eigenvalue weighted by Gasteiger charge is 2.24. The van der Waals surface area contributed by atoms with Crippen LogP contribution in [0.2, 0.25) is 0 Å². The highest BCUT2D eigenvalue weighted by Crippen LogP contribution is 2.00. The second kappa shape index (κ2) is 7.09. The number of amides is 1. The third-order valence-corrected chi connectivity index (χ3v) is 1.87. The number of carboxylic acids is 3. The van der Waals surface area contributed by atoms with E-state index in [-0.39, 0.29) is 6.42 Å². The normalized spacial score (nSPS) is 13.2. The molecule has 2 unspecified atom stereocenters. The fourth-order valence-corrected chi connectivity index (χ4v) is 0.912. The Kier molecular flexibility index (Phi) is 6.18. The van der Waals surface area contributed by atoms with E-state index in [9.17, 15) is 19.2 Å². The van der Waals surface area contributed by atoms with Gasteiger partial charge in [-0.2, -0.15) is 0 Å². The Bertz CT molecular complexity index is 352. The lowest BCUT2D eigenvalue weighted by molar-refractivity contribution is -0.145. The van der Waals surface area contributed by atoms with Crippen LogP contribution in [0.25, 0.3) is 0 Å². The van der Waals surface area contributed by atoms with Crippen LogP contribution < -0.4 is 5.32 Å². The molecule has 0 aromatic carbocycles. The fraction of sp³-hybridized carbons (Fsp3) is 0.556. The third kappa shape index (κ3) is 6.30. The maximum Gasteiger partial charge on any atom is 0.408 e. The predicted octanol–water partition coefficient (Wildman–Crippen LogP) is -0.496. The number of ether oxygens (including phenoxy) is 1. The van der Waals surface area contributed by atoms with Gasteiger partial charge in [0.05, 0.1) is 0 Å². The number of hydrogen-bond donors (Lipinski definition) is 4. The molecule has 1 amide bonds. The van der Waals surface area contributed by atoms with E-state index in [1.807, 2.05) is 5.32 Å². The van der Waals surface area contributed by atoms with E-state index in [1.54, 1.807) is 0 Å². The minimum Gasteiger partial charge on any atom is -0.481 e. The Morgan fingerprint density at radius 3 is 2.06 bits per heavy atom. The Labute approximate surface area is 101 Å². The summed E-state index contributed by atoms with van der Waals surface area (Å²) in [5.41, 5.74) is 0. The monoisotopic (exact) mass is 263 g/mol. The largest absolute Gasteiger partial charge is 0.481 e. The van der Waals surface area contributed by atoms with Crippen molar-refractivity contribution < 1.29 is 39.2 Å². The molecule has 0 saturated heterocycles. The topological polar surface area (TPSA) is 150 Å². The van der Waals surface area contributed by atoms with Gasteiger partial charge in [0.25, 0.3) is 0 Å². The first-order chi connectivity index (χ1) is 8.23. The van der Waals surface area contributed by atoms with Crippen molar-refractivity contribution >= 4 is 24.0 Å². The van der Waals surface area contributed by atoms with E-state index in [0.29, 0.717) is 0 Å². The van der Waals surface area contributed by atoms with Gasteiger partial charge >= 0.3 is 24.0 Å². The number of hydrogen-bond acceptors (Lipinski definition) is 5. The van der Waals surface area contributed by atoms with Crippen molar-refractivity contribution in [2.75, 3.05) is 0 Å². The van der Waals surface area contributed by atoms with Crippen LogP contribution in [0.15, 0.2) is 0 Å². The first kappa shape index (κ1) is 15.7. The number of carbonyl (C=O) groups excluding carboxylic acids is 1. The van der Waals surface area contributed by atoms with Crippen molar-refractivity contribution in [1.29, 1.82) is 0 Å². The summed E-state index contributed by atoms with van der Waals surface area (Å²) in [6, 6.07) is -1.45. The molecule has 0 aromatic rings. The van der Waals surface area contributed by atoms with Gasteiger partial charge in [0.15, 0.2) is 6.10 Å². The molecule has 9 heteroatoms. The maximum absolute atomic E-state index is 11.1. The summed E-state index contributed by atoms with van der Waals surface area (Å²) in [5, 5.41) is 27.4. The van der Waals surface area contributed by atoms with Gasteiger partial charge in [-0.15, -0.1) is 0 Å². The molecule has 0 aliphatic heterocycles. The van der Waals surface area contributed by atoms with Crippen LogP contribution in [0.3, 0.4) is 0 Å². The number of carboxylic acid groups (broad SMARTS) is 3. The van der Waals surface area contributed by atoms with Crippen molar-refractivity contribution in [3.05, 3.63) is 0 Å². The van der Waals surface area contributed by atoms with E-state index in [0.717, 1.165) is 6.92 Å². The van der Waals surface area contributed by atoms with Crippen LogP contribution in [-0.2, 0) is 19.1 Å². The summed E-state index contributed by atoms with van der Waals surface area (Å²) < 4.78 is 4.34. The molecule has 2 atom stereocenters. The minimum absolute atomic E-state index is 0.332. The molecule has 0 aliphatic carbocycles. The highest BCUT2D eigenvalue weighted by molar-refractivity contribution is 5.82. The van der Waals surface area contributed by atoms with Gasteiger partial charge in [0, 0.05) is 6.42 Å². The summed E-state index contributed by atoms with van der Waals surface area (Å²) in [6.45, 7) is 1.09. The van der Waals surface area contributed by atoms with Crippen LogP contribution in [0.1, 0.15) is 19.8 Å². The molecule has 102 valence electrons. The second-order valence-electron chi connectivity index (χ2n) is 3.35. The maximum atomic E-state index is 11.1. The lowest BCUT2D eigenvalue weighted by Gasteiger charge is -2.15. The summed E-state index contributed by atoms with van der Waals surface area (Å²) in [7, 11) is 0. The van der Waals surface area contributed by atoms with Gasteiger partial charge in [-0.1, -0.05) is 0 Å². The molecule has 18 heavy (non-hydrogen) atoms. The lowest BCUT2D eigenvalue weighted by atomic mass is 10.1. The molecule has 0 heterocycles. The molecule has 0 aromatic heterocycles. The van der Waals surface area contributed by atoms with Gasteiger partial charge in [0.2, 0.25) is 0 Å². The minimum atomic E-state index is -1.45. The van der Waals surface area contributed by atoms with E-state index >= 15 is 0 Å². The Morgan fingerprint density at radius 1 is 1.11 bits per heavy atom. The van der Waals surface area contributed by atoms with Crippen molar-refractivity contribution in [2.24, 2.45) is 0 Å². The first-order valence-corrected chi connectivity index (χ1v) is 4.88. The van der Waals surface area contributed by atoms with E-state index in [4.69, 9.17) is 15.3 Å². The van der Waals surface area contributed by atoms with E-state index < -0.39 is 42.6 Å². The Morgan fingerprint density at radius 2 is 1.67 bits per heavy atom. The fourth-order valence-electron chi connectivity index (χ4n) is 0.912. The van der Waals surface area contributed by atoms with Crippen molar-refractivity contribution in [3.8, 4) is 0 Å². The summed E-state index contributed by atoms with van der Waals surface area (Å²) in [6.07, 6.45) is -3.45. The Hall–Kier alpha value is -2.32. The molecule has 0 saturated carbocycles. The number of aliphatic carboxylic acids is 3. The van der Waals surface area contributed by atoms with Crippen LogP contribution in [-0.4, -0.2) is 51.5 Å². The van der Waals surface area contributed by atoms with E-state index in [2.05, 4.69) is 4.74 Å². The molecule has 0 bridgehead atoms. The second-order valence-corrected chi connectivity index (χ2v) is 3.35. The average Bonchev–Trinajstić information content (AvgIpc) is 2.23. The quantitative estimate of drug-likeness (QED) is 0.480. The molecular weight excluding hydrogens is 250 g/mol. The van der Waals surface area contributed by atoms with Crippen molar-refractivity contribution in [1.82, 2.24) is 5.32 Å². The number of nitrogens with one attached hydrogen (secondary N) is 1. The van der Waals surface area contributed by atoms with Crippen LogP contribution >= 0.6 is 0 Å². The molecular formula is C9H13NO8. The standard InChI is InChI=1S/C9H13NO8/c1-4(7(13)14)18-9(17)10-5(8(15)16)2-3-6(11)12/h4-5H,2-3H2,1H3,(H,10,17)(H,11,12)(H,13,14)(H,15,16). The molecule has 0 radical (unpaired) electrons. The van der Waals surface area contributed by atoms with Crippen molar-refractivity contribution in [3.63, 3.8) is 0 Å². The SMILES string of the molecule is CC(OC(=O)NC(CCC(=O)O)C(=O)O)C(=O)O. The van der Waals surface area contributed by atoms with Gasteiger partial charge in [-0.25, -0.2) is 14.4 Å². The first-order valence-electron chi connectivity index (χ1n) is 4.88. The van der Waals surface area contributed by atoms with Crippen LogP contribution in [0.4, 0.5) is 4.79 Å². The highest BCUT2D eigenvalue weighted by atomic mass is 16.6. The molecule has 0 aliphatic rings. The third-order valence-electron chi connectivity index (χ3n) is 1.87. The zero-order chi connectivity index (χ0) is 14.3. The molecule has 0 fully saturated rings. The van der Waals surface area contributed by atoms with Gasteiger partial charge in [-0.3, -0.25) is 4.79 Å². The van der Waals surface area contributed by atoms with Crippen LogP contribution in [0.5, 0.6) is 0 Å². The van der Waals surface area contributed by atoms with Gasteiger partial charge in [-0.05, 0) is 13.3 Å². The number of carbonyl (C=O) groups is 4. The smallest absolute Gasteiger partial charge is 0.408 e. The predicted molar refractivity (Wildman–Crippen MR) is 55.0 cm³/mol. The Balaban J connectivity index is 4.32. The zero-order valence-electron chi connectivity index (χ0n) is 9.45. The average molecular weight is 263 g/mol. The van der Waals surface area contributed by atoms with E-state index in [1.165, 1.54) is 0 Å². The van der Waals surface area contributed by atoms with Crippen LogP contribution in [0, 0.1) is 0 Å². The van der Waals surface area contributed by atoms with Crippen molar-refractivity contribution in [2.45, 2.75) is 31.9 Å². The molecule has 4 N–H and O–H groups in total. The number of alkyl carbamates (subject to hydrolysis) is 1. The van der Waals surface area contributed by atoms with Gasteiger partial charge < -0.3 is 25.4 Å². The summed E-state index contributed by atoms with van der Waals surface area (Å²) in [5.74, 6) is -4.03.